The minimum Gasteiger partial charge on any atom is -0.349 e. The number of carbonyl (C=O) groups excluding carboxylic acids is 1. The van der Waals surface area contributed by atoms with Gasteiger partial charge >= 0.3 is 0 Å². The van der Waals surface area contributed by atoms with Crippen molar-refractivity contribution in [3.63, 3.8) is 0 Å². The maximum atomic E-state index is 12.6. The van der Waals surface area contributed by atoms with Gasteiger partial charge < -0.3 is 5.32 Å². The molecule has 3 rings (SSSR count). The van der Waals surface area contributed by atoms with E-state index in [-0.39, 0.29) is 22.9 Å². The summed E-state index contributed by atoms with van der Waals surface area (Å²) in [7, 11) is -3.57. The Morgan fingerprint density at radius 1 is 1.04 bits per heavy atom. The van der Waals surface area contributed by atoms with Gasteiger partial charge in [-0.2, -0.15) is 0 Å². The second kappa shape index (κ2) is 8.53. The Bertz CT molecular complexity index is 718. The van der Waals surface area contributed by atoms with Crippen LogP contribution in [0.2, 0.25) is 0 Å². The predicted octanol–water partition coefficient (Wildman–Crippen LogP) is 3.61. The van der Waals surface area contributed by atoms with Crippen molar-refractivity contribution >= 4 is 15.9 Å². The van der Waals surface area contributed by atoms with Gasteiger partial charge in [0.25, 0.3) is 5.91 Å². The first-order chi connectivity index (χ1) is 12.5. The molecule has 1 aromatic carbocycles. The molecule has 0 spiro atoms. The molecule has 26 heavy (non-hydrogen) atoms. The van der Waals surface area contributed by atoms with Crippen molar-refractivity contribution in [3.8, 4) is 0 Å². The summed E-state index contributed by atoms with van der Waals surface area (Å²) in [6.07, 6.45) is 9.43. The van der Waals surface area contributed by atoms with E-state index in [0.717, 1.165) is 57.3 Å². The van der Waals surface area contributed by atoms with Crippen LogP contribution in [0.1, 0.15) is 75.1 Å². The van der Waals surface area contributed by atoms with Gasteiger partial charge in [-0.3, -0.25) is 4.79 Å². The van der Waals surface area contributed by atoms with Crippen LogP contribution >= 0.6 is 0 Å². The minimum absolute atomic E-state index is 0.0197. The van der Waals surface area contributed by atoms with Crippen LogP contribution in [0.25, 0.3) is 0 Å². The third-order valence-corrected chi connectivity index (χ3v) is 7.36. The van der Waals surface area contributed by atoms with Crippen molar-refractivity contribution < 1.29 is 13.2 Å². The molecule has 6 heteroatoms. The highest BCUT2D eigenvalue weighted by Crippen LogP contribution is 2.27. The maximum Gasteiger partial charge on any atom is 0.251 e. The summed E-state index contributed by atoms with van der Waals surface area (Å²) in [6.45, 7) is 2.22. The fourth-order valence-electron chi connectivity index (χ4n) is 4.12. The van der Waals surface area contributed by atoms with Gasteiger partial charge in [-0.05, 0) is 62.6 Å². The van der Waals surface area contributed by atoms with Crippen LogP contribution in [0.5, 0.6) is 0 Å². The first-order valence-corrected chi connectivity index (χ1v) is 11.4. The quantitative estimate of drug-likeness (QED) is 0.794. The lowest BCUT2D eigenvalue weighted by atomic mass is 9.84. The highest BCUT2D eigenvalue weighted by atomic mass is 32.2. The lowest BCUT2D eigenvalue weighted by Gasteiger charge is -2.28. The summed E-state index contributed by atoms with van der Waals surface area (Å²) in [5, 5.41) is 3.08. The molecular weight excluding hydrogens is 348 g/mol. The van der Waals surface area contributed by atoms with E-state index in [2.05, 4.69) is 17.0 Å². The SMILES string of the molecule is CCC1CCC(NC(=O)c2cccc(S(=O)(=O)NC3CCCC3)c2)CC1. The standard InChI is InChI=1S/C20H30N2O3S/c1-2-15-10-12-17(13-11-15)21-20(23)16-6-5-9-19(14-16)26(24,25)22-18-7-3-4-8-18/h5-6,9,14-15,17-18,22H,2-4,7-8,10-13H2,1H3,(H,21,23). The molecule has 0 aromatic heterocycles. The molecule has 0 radical (unpaired) electrons. The number of hydrogen-bond acceptors (Lipinski definition) is 3. The van der Waals surface area contributed by atoms with Crippen molar-refractivity contribution in [2.24, 2.45) is 5.92 Å². The van der Waals surface area contributed by atoms with Crippen molar-refractivity contribution in [2.75, 3.05) is 0 Å². The number of rotatable bonds is 6. The summed E-state index contributed by atoms with van der Waals surface area (Å²) < 4.78 is 27.9. The number of amides is 1. The number of hydrogen-bond donors (Lipinski definition) is 2. The molecule has 2 fully saturated rings. The molecule has 2 N–H and O–H groups in total. The van der Waals surface area contributed by atoms with Crippen LogP contribution in [0.3, 0.4) is 0 Å². The highest BCUT2D eigenvalue weighted by Gasteiger charge is 2.25. The fourth-order valence-corrected chi connectivity index (χ4v) is 5.47. The third-order valence-electron chi connectivity index (χ3n) is 5.84. The summed E-state index contributed by atoms with van der Waals surface area (Å²) in [5.74, 6) is 0.598. The molecule has 2 aliphatic rings. The average Bonchev–Trinajstić information content (AvgIpc) is 3.15. The van der Waals surface area contributed by atoms with Gasteiger partial charge in [-0.1, -0.05) is 32.3 Å². The second-order valence-electron chi connectivity index (χ2n) is 7.73. The van der Waals surface area contributed by atoms with E-state index in [1.165, 1.54) is 12.5 Å². The molecule has 144 valence electrons. The van der Waals surface area contributed by atoms with Crippen molar-refractivity contribution in [1.29, 1.82) is 0 Å². The van der Waals surface area contributed by atoms with Gasteiger partial charge in [0.05, 0.1) is 4.90 Å². The first-order valence-electron chi connectivity index (χ1n) is 9.91. The van der Waals surface area contributed by atoms with Crippen LogP contribution in [-0.4, -0.2) is 26.4 Å². The Balaban J connectivity index is 1.63. The number of sulfonamides is 1. The lowest BCUT2D eigenvalue weighted by molar-refractivity contribution is 0.0921. The molecule has 0 bridgehead atoms. The molecule has 0 unspecified atom stereocenters. The number of benzene rings is 1. The highest BCUT2D eigenvalue weighted by molar-refractivity contribution is 7.89. The molecule has 0 aliphatic heterocycles. The molecule has 2 aliphatic carbocycles. The predicted molar refractivity (Wildman–Crippen MR) is 103 cm³/mol. The fraction of sp³-hybridized carbons (Fsp3) is 0.650. The summed E-state index contributed by atoms with van der Waals surface area (Å²) in [6, 6.07) is 6.59. The van der Waals surface area contributed by atoms with Crippen molar-refractivity contribution in [1.82, 2.24) is 10.0 Å². The van der Waals surface area contributed by atoms with E-state index in [9.17, 15) is 13.2 Å². The zero-order valence-corrected chi connectivity index (χ0v) is 16.4. The summed E-state index contributed by atoms with van der Waals surface area (Å²) in [5.41, 5.74) is 0.414. The van der Waals surface area contributed by atoms with E-state index in [1.807, 2.05) is 0 Å². The first kappa shape index (κ1) is 19.4. The van der Waals surface area contributed by atoms with Gasteiger partial charge in [-0.25, -0.2) is 13.1 Å². The molecule has 1 amide bonds. The van der Waals surface area contributed by atoms with Crippen molar-refractivity contribution in [2.45, 2.75) is 81.7 Å². The van der Waals surface area contributed by atoms with Crippen LogP contribution in [0, 0.1) is 5.92 Å². The smallest absolute Gasteiger partial charge is 0.251 e. The molecule has 5 nitrogen and oxygen atoms in total. The minimum atomic E-state index is -3.57. The van der Waals surface area contributed by atoms with Crippen LogP contribution in [0.4, 0.5) is 0 Å². The third kappa shape index (κ3) is 4.86. The average molecular weight is 379 g/mol. The van der Waals surface area contributed by atoms with E-state index in [1.54, 1.807) is 18.2 Å². The van der Waals surface area contributed by atoms with E-state index in [4.69, 9.17) is 0 Å². The van der Waals surface area contributed by atoms with E-state index < -0.39 is 10.0 Å². The zero-order chi connectivity index (χ0) is 18.6. The molecule has 0 atom stereocenters. The topological polar surface area (TPSA) is 75.3 Å². The Hall–Kier alpha value is -1.40. The zero-order valence-electron chi connectivity index (χ0n) is 15.5. The van der Waals surface area contributed by atoms with Crippen LogP contribution in [-0.2, 0) is 10.0 Å². The summed E-state index contributed by atoms with van der Waals surface area (Å²) in [4.78, 5) is 12.7. The Kier molecular flexibility index (Phi) is 6.35. The maximum absolute atomic E-state index is 12.6. The van der Waals surface area contributed by atoms with Crippen LogP contribution in [0.15, 0.2) is 29.2 Å². The van der Waals surface area contributed by atoms with Gasteiger partial charge in [-0.15, -0.1) is 0 Å². The summed E-state index contributed by atoms with van der Waals surface area (Å²) >= 11 is 0. The molecular formula is C20H30N2O3S. The molecule has 1 aromatic rings. The van der Waals surface area contributed by atoms with Crippen LogP contribution < -0.4 is 10.0 Å². The van der Waals surface area contributed by atoms with E-state index >= 15 is 0 Å². The monoisotopic (exact) mass is 378 g/mol. The van der Waals surface area contributed by atoms with Gasteiger partial charge in [0.15, 0.2) is 0 Å². The largest absolute Gasteiger partial charge is 0.349 e. The Morgan fingerprint density at radius 3 is 2.38 bits per heavy atom. The second-order valence-corrected chi connectivity index (χ2v) is 9.44. The normalized spacial score (nSPS) is 24.5. The molecule has 2 saturated carbocycles. The van der Waals surface area contributed by atoms with Crippen molar-refractivity contribution in [3.05, 3.63) is 29.8 Å². The van der Waals surface area contributed by atoms with Gasteiger partial charge in [0.1, 0.15) is 0 Å². The number of carbonyl (C=O) groups is 1. The van der Waals surface area contributed by atoms with Gasteiger partial charge in [0, 0.05) is 17.6 Å². The Morgan fingerprint density at radius 2 is 1.73 bits per heavy atom. The number of nitrogens with one attached hydrogen (secondary N) is 2. The Labute approximate surface area is 157 Å². The molecule has 0 heterocycles. The van der Waals surface area contributed by atoms with Gasteiger partial charge in [0.2, 0.25) is 10.0 Å². The lowest BCUT2D eigenvalue weighted by Crippen LogP contribution is -2.37. The molecule has 0 saturated heterocycles. The van der Waals surface area contributed by atoms with E-state index in [0.29, 0.717) is 5.56 Å².